The van der Waals surface area contributed by atoms with Crippen molar-refractivity contribution in [2.75, 3.05) is 26.7 Å². The Kier molecular flexibility index (Phi) is 4.57. The molecule has 2 saturated heterocycles. The highest BCUT2D eigenvalue weighted by molar-refractivity contribution is 6.08. The number of hydrogen-bond acceptors (Lipinski definition) is 4. The monoisotopic (exact) mass is 323 g/mol. The molecule has 1 spiro atoms. The van der Waals surface area contributed by atoms with Crippen molar-refractivity contribution < 1.29 is 19.1 Å². The van der Waals surface area contributed by atoms with Crippen LogP contribution in [0.3, 0.4) is 0 Å². The summed E-state index contributed by atoms with van der Waals surface area (Å²) in [6.45, 7) is 0.976. The molecule has 0 aromatic heterocycles. The van der Waals surface area contributed by atoms with Crippen molar-refractivity contribution in [3.63, 3.8) is 0 Å². The summed E-state index contributed by atoms with van der Waals surface area (Å²) in [5.74, 6) is -0.513. The highest BCUT2D eigenvalue weighted by Gasteiger charge is 2.55. The zero-order chi connectivity index (χ0) is 16.4. The molecule has 2 heterocycles. The predicted octanol–water partition coefficient (Wildman–Crippen LogP) is 0.878. The normalized spacial score (nSPS) is 27.1. The van der Waals surface area contributed by atoms with Crippen LogP contribution in [0.2, 0.25) is 0 Å². The summed E-state index contributed by atoms with van der Waals surface area (Å²) in [5.41, 5.74) is -0.718. The smallest absolute Gasteiger partial charge is 0.327 e. The number of carbonyl (C=O) groups is 3. The van der Waals surface area contributed by atoms with Crippen LogP contribution in [0.5, 0.6) is 0 Å². The standard InChI is InChI=1S/C16H25N3O4/c1-18-15(22)19(14(21)16(18)7-3-2-4-8-16)11-13(20)17-10-12-6-5-9-23-12/h12H,2-11H2,1H3,(H,17,20). The summed E-state index contributed by atoms with van der Waals surface area (Å²) in [4.78, 5) is 39.9. The summed E-state index contributed by atoms with van der Waals surface area (Å²) < 4.78 is 5.45. The van der Waals surface area contributed by atoms with Crippen LogP contribution in [0.1, 0.15) is 44.9 Å². The number of urea groups is 1. The third-order valence-corrected chi connectivity index (χ3v) is 5.34. The van der Waals surface area contributed by atoms with Crippen molar-refractivity contribution in [3.05, 3.63) is 0 Å². The quantitative estimate of drug-likeness (QED) is 0.779. The molecule has 1 aliphatic carbocycles. The second-order valence-electron chi connectivity index (χ2n) is 6.76. The van der Waals surface area contributed by atoms with Crippen LogP contribution in [0.25, 0.3) is 0 Å². The van der Waals surface area contributed by atoms with Gasteiger partial charge in [0.1, 0.15) is 12.1 Å². The van der Waals surface area contributed by atoms with Gasteiger partial charge in [0.25, 0.3) is 5.91 Å². The Morgan fingerprint density at radius 3 is 2.65 bits per heavy atom. The first-order valence-corrected chi connectivity index (χ1v) is 8.53. The zero-order valence-electron chi connectivity index (χ0n) is 13.7. The lowest BCUT2D eigenvalue weighted by atomic mass is 9.81. The maximum absolute atomic E-state index is 12.8. The molecule has 7 heteroatoms. The topological polar surface area (TPSA) is 79.0 Å². The summed E-state index contributed by atoms with van der Waals surface area (Å²) in [7, 11) is 1.68. The second kappa shape index (κ2) is 6.47. The Morgan fingerprint density at radius 1 is 1.26 bits per heavy atom. The van der Waals surface area contributed by atoms with Crippen LogP contribution in [-0.2, 0) is 14.3 Å². The minimum atomic E-state index is -0.718. The zero-order valence-corrected chi connectivity index (χ0v) is 13.7. The molecule has 1 saturated carbocycles. The van der Waals surface area contributed by atoms with Crippen molar-refractivity contribution in [1.82, 2.24) is 15.1 Å². The number of hydrogen-bond donors (Lipinski definition) is 1. The van der Waals surface area contributed by atoms with E-state index in [9.17, 15) is 14.4 Å². The largest absolute Gasteiger partial charge is 0.376 e. The molecule has 2 aliphatic heterocycles. The number of likely N-dealkylation sites (N-methyl/N-ethyl adjacent to an activating group) is 1. The van der Waals surface area contributed by atoms with Gasteiger partial charge in [0.05, 0.1) is 6.10 Å². The number of ether oxygens (including phenoxy) is 1. The van der Waals surface area contributed by atoms with Gasteiger partial charge in [0.2, 0.25) is 5.91 Å². The highest BCUT2D eigenvalue weighted by Crippen LogP contribution is 2.39. The van der Waals surface area contributed by atoms with Crippen molar-refractivity contribution in [3.8, 4) is 0 Å². The fourth-order valence-corrected chi connectivity index (χ4v) is 3.90. The Bertz CT molecular complexity index is 496. The number of imide groups is 1. The van der Waals surface area contributed by atoms with Gasteiger partial charge in [-0.2, -0.15) is 0 Å². The van der Waals surface area contributed by atoms with E-state index in [4.69, 9.17) is 4.74 Å². The molecule has 4 amide bonds. The molecule has 3 fully saturated rings. The first-order valence-electron chi connectivity index (χ1n) is 8.53. The lowest BCUT2D eigenvalue weighted by Crippen LogP contribution is -2.49. The molecule has 7 nitrogen and oxygen atoms in total. The van der Waals surface area contributed by atoms with Gasteiger partial charge < -0.3 is 15.0 Å². The number of nitrogens with zero attached hydrogens (tertiary/aromatic N) is 2. The highest BCUT2D eigenvalue weighted by atomic mass is 16.5. The van der Waals surface area contributed by atoms with Gasteiger partial charge in [0, 0.05) is 20.2 Å². The molecule has 1 unspecified atom stereocenters. The van der Waals surface area contributed by atoms with Crippen LogP contribution < -0.4 is 5.32 Å². The van der Waals surface area contributed by atoms with Crippen molar-refractivity contribution in [2.24, 2.45) is 0 Å². The van der Waals surface area contributed by atoms with Crippen molar-refractivity contribution >= 4 is 17.8 Å². The van der Waals surface area contributed by atoms with Gasteiger partial charge in [-0.15, -0.1) is 0 Å². The first kappa shape index (κ1) is 16.2. The van der Waals surface area contributed by atoms with E-state index in [0.717, 1.165) is 43.6 Å². The molecule has 0 bridgehead atoms. The van der Waals surface area contributed by atoms with Gasteiger partial charge in [-0.25, -0.2) is 4.79 Å². The van der Waals surface area contributed by atoms with Crippen molar-refractivity contribution in [2.45, 2.75) is 56.6 Å². The number of amides is 4. The van der Waals surface area contributed by atoms with E-state index in [1.165, 1.54) is 0 Å². The Balaban J connectivity index is 1.59. The Hall–Kier alpha value is -1.63. The summed E-state index contributed by atoms with van der Waals surface area (Å²) in [6, 6.07) is -0.357. The SMILES string of the molecule is CN1C(=O)N(CC(=O)NCC2CCCO2)C(=O)C12CCCCC2. The molecule has 1 N–H and O–H groups in total. The lowest BCUT2D eigenvalue weighted by molar-refractivity contribution is -0.137. The second-order valence-corrected chi connectivity index (χ2v) is 6.76. The summed E-state index contributed by atoms with van der Waals surface area (Å²) >= 11 is 0. The van der Waals surface area contributed by atoms with E-state index in [2.05, 4.69) is 5.32 Å². The number of nitrogens with one attached hydrogen (secondary N) is 1. The molecule has 128 valence electrons. The van der Waals surface area contributed by atoms with E-state index < -0.39 is 5.54 Å². The molecular formula is C16H25N3O4. The average Bonchev–Trinajstić information content (AvgIpc) is 3.14. The molecule has 0 radical (unpaired) electrons. The van der Waals surface area contributed by atoms with Gasteiger partial charge in [-0.1, -0.05) is 19.3 Å². The van der Waals surface area contributed by atoms with Gasteiger partial charge in [-0.3, -0.25) is 14.5 Å². The van der Waals surface area contributed by atoms with Crippen LogP contribution in [0, 0.1) is 0 Å². The van der Waals surface area contributed by atoms with E-state index in [0.29, 0.717) is 19.4 Å². The van der Waals surface area contributed by atoms with E-state index >= 15 is 0 Å². The molecule has 0 aromatic rings. The summed E-state index contributed by atoms with van der Waals surface area (Å²) in [6.07, 6.45) is 6.38. The number of rotatable bonds is 4. The Labute approximate surface area is 136 Å². The lowest BCUT2D eigenvalue weighted by Gasteiger charge is -2.35. The minimum absolute atomic E-state index is 0.0521. The fraction of sp³-hybridized carbons (Fsp3) is 0.812. The molecule has 0 aromatic carbocycles. The van der Waals surface area contributed by atoms with Crippen LogP contribution in [0.4, 0.5) is 4.79 Å². The number of carbonyl (C=O) groups excluding carboxylic acids is 3. The molecule has 3 rings (SSSR count). The van der Waals surface area contributed by atoms with E-state index in [-0.39, 0.29) is 30.5 Å². The molecule has 23 heavy (non-hydrogen) atoms. The summed E-state index contributed by atoms with van der Waals surface area (Å²) in [5, 5.41) is 2.77. The van der Waals surface area contributed by atoms with Crippen LogP contribution in [-0.4, -0.2) is 66.0 Å². The van der Waals surface area contributed by atoms with Gasteiger partial charge in [-0.05, 0) is 25.7 Å². The first-order chi connectivity index (χ1) is 11.0. The third-order valence-electron chi connectivity index (χ3n) is 5.34. The van der Waals surface area contributed by atoms with E-state index in [1.54, 1.807) is 11.9 Å². The maximum Gasteiger partial charge on any atom is 0.327 e. The molecular weight excluding hydrogens is 298 g/mol. The van der Waals surface area contributed by atoms with E-state index in [1.807, 2.05) is 0 Å². The Morgan fingerprint density at radius 2 is 2.00 bits per heavy atom. The fourth-order valence-electron chi connectivity index (χ4n) is 3.90. The van der Waals surface area contributed by atoms with Crippen LogP contribution >= 0.6 is 0 Å². The third kappa shape index (κ3) is 2.94. The molecule has 1 atom stereocenters. The van der Waals surface area contributed by atoms with Gasteiger partial charge in [0.15, 0.2) is 0 Å². The van der Waals surface area contributed by atoms with Crippen molar-refractivity contribution in [1.29, 1.82) is 0 Å². The minimum Gasteiger partial charge on any atom is -0.376 e. The average molecular weight is 323 g/mol. The van der Waals surface area contributed by atoms with Crippen LogP contribution in [0.15, 0.2) is 0 Å². The molecule has 3 aliphatic rings. The predicted molar refractivity (Wildman–Crippen MR) is 82.7 cm³/mol. The van der Waals surface area contributed by atoms with Gasteiger partial charge >= 0.3 is 6.03 Å². The maximum atomic E-state index is 12.8.